The molecule has 0 amide bonds. The average Bonchev–Trinajstić information content (AvgIpc) is 2.61. The Labute approximate surface area is 83.2 Å². The van der Waals surface area contributed by atoms with E-state index in [4.69, 9.17) is 5.73 Å². The van der Waals surface area contributed by atoms with Gasteiger partial charge < -0.3 is 5.73 Å². The van der Waals surface area contributed by atoms with E-state index in [0.29, 0.717) is 0 Å². The Hall–Kier alpha value is -0.410. The van der Waals surface area contributed by atoms with Gasteiger partial charge in [-0.15, -0.1) is 11.3 Å². The van der Waals surface area contributed by atoms with Crippen LogP contribution >= 0.6 is 11.3 Å². The fraction of sp³-hybridized carbons (Fsp3) is 0.700. The zero-order valence-electron chi connectivity index (χ0n) is 8.21. The zero-order chi connectivity index (χ0) is 9.53. The molecule has 1 fully saturated rings. The maximum Gasteiger partial charge on any atom is 0.113 e. The second kappa shape index (κ2) is 2.79. The second-order valence-electron chi connectivity index (χ2n) is 4.55. The quantitative estimate of drug-likeness (QED) is 0.749. The van der Waals surface area contributed by atoms with Gasteiger partial charge in [0.15, 0.2) is 0 Å². The van der Waals surface area contributed by atoms with Crippen LogP contribution < -0.4 is 5.73 Å². The van der Waals surface area contributed by atoms with Crippen molar-refractivity contribution in [1.82, 2.24) is 4.98 Å². The summed E-state index contributed by atoms with van der Waals surface area (Å²) in [5.74, 6) is 0. The van der Waals surface area contributed by atoms with Gasteiger partial charge in [0, 0.05) is 11.6 Å². The molecule has 1 aliphatic carbocycles. The lowest BCUT2D eigenvalue weighted by molar-refractivity contribution is 0.209. The van der Waals surface area contributed by atoms with Gasteiger partial charge in [-0.05, 0) is 18.3 Å². The van der Waals surface area contributed by atoms with E-state index in [0.717, 1.165) is 11.4 Å². The minimum atomic E-state index is -0.179. The van der Waals surface area contributed by atoms with Crippen molar-refractivity contribution in [3.05, 3.63) is 16.6 Å². The summed E-state index contributed by atoms with van der Waals surface area (Å²) in [7, 11) is 0. The van der Waals surface area contributed by atoms with E-state index in [1.54, 1.807) is 11.3 Å². The SMILES string of the molecule is CC1(C)CCCC1(N)c1nccs1. The van der Waals surface area contributed by atoms with Crippen LogP contribution in [0.3, 0.4) is 0 Å². The Morgan fingerprint density at radius 2 is 2.23 bits per heavy atom. The summed E-state index contributed by atoms with van der Waals surface area (Å²) in [4.78, 5) is 4.36. The Morgan fingerprint density at radius 3 is 2.69 bits per heavy atom. The lowest BCUT2D eigenvalue weighted by Gasteiger charge is -2.36. The molecule has 2 nitrogen and oxygen atoms in total. The summed E-state index contributed by atoms with van der Waals surface area (Å²) in [5.41, 5.74) is 6.47. The molecule has 1 heterocycles. The molecular weight excluding hydrogens is 180 g/mol. The van der Waals surface area contributed by atoms with Gasteiger partial charge >= 0.3 is 0 Å². The Morgan fingerprint density at radius 1 is 1.46 bits per heavy atom. The number of aromatic nitrogens is 1. The number of hydrogen-bond acceptors (Lipinski definition) is 3. The Balaban J connectivity index is 2.40. The number of rotatable bonds is 1. The van der Waals surface area contributed by atoms with Crippen LogP contribution in [0.1, 0.15) is 38.1 Å². The number of thiazole rings is 1. The third kappa shape index (κ3) is 1.22. The van der Waals surface area contributed by atoms with E-state index in [1.807, 2.05) is 11.6 Å². The molecule has 2 rings (SSSR count). The van der Waals surface area contributed by atoms with Crippen LogP contribution in [-0.4, -0.2) is 4.98 Å². The van der Waals surface area contributed by atoms with Crippen LogP contribution in [0.4, 0.5) is 0 Å². The molecule has 3 heteroatoms. The van der Waals surface area contributed by atoms with Gasteiger partial charge in [0.1, 0.15) is 5.01 Å². The molecular formula is C10H16N2S. The van der Waals surface area contributed by atoms with Crippen molar-refractivity contribution in [2.45, 2.75) is 38.6 Å². The fourth-order valence-corrected chi connectivity index (χ4v) is 3.17. The van der Waals surface area contributed by atoms with Gasteiger partial charge in [-0.25, -0.2) is 4.98 Å². The highest BCUT2D eigenvalue weighted by Crippen LogP contribution is 2.50. The van der Waals surface area contributed by atoms with E-state index in [1.165, 1.54) is 12.8 Å². The van der Waals surface area contributed by atoms with Crippen LogP contribution in [0.5, 0.6) is 0 Å². The van der Waals surface area contributed by atoms with Crippen molar-refractivity contribution in [2.75, 3.05) is 0 Å². The first-order chi connectivity index (χ1) is 6.06. The van der Waals surface area contributed by atoms with Gasteiger partial charge in [0.25, 0.3) is 0 Å². The molecule has 1 unspecified atom stereocenters. The van der Waals surface area contributed by atoms with Crippen molar-refractivity contribution in [3.63, 3.8) is 0 Å². The summed E-state index contributed by atoms with van der Waals surface area (Å²) in [6, 6.07) is 0. The molecule has 0 aliphatic heterocycles. The number of nitrogens with two attached hydrogens (primary N) is 1. The number of hydrogen-bond donors (Lipinski definition) is 1. The summed E-state index contributed by atoms with van der Waals surface area (Å²) < 4.78 is 0. The molecule has 0 saturated heterocycles. The molecule has 0 aromatic carbocycles. The second-order valence-corrected chi connectivity index (χ2v) is 5.44. The van der Waals surface area contributed by atoms with E-state index in [-0.39, 0.29) is 11.0 Å². The van der Waals surface area contributed by atoms with Gasteiger partial charge in [-0.3, -0.25) is 0 Å². The number of nitrogens with zero attached hydrogens (tertiary/aromatic N) is 1. The van der Waals surface area contributed by atoms with Crippen LogP contribution in [0.15, 0.2) is 11.6 Å². The molecule has 13 heavy (non-hydrogen) atoms. The smallest absolute Gasteiger partial charge is 0.113 e. The van der Waals surface area contributed by atoms with Crippen LogP contribution in [0.2, 0.25) is 0 Å². The maximum atomic E-state index is 6.45. The van der Waals surface area contributed by atoms with E-state index >= 15 is 0 Å². The first kappa shape index (κ1) is 9.16. The normalized spacial score (nSPS) is 32.2. The van der Waals surface area contributed by atoms with Crippen molar-refractivity contribution < 1.29 is 0 Å². The van der Waals surface area contributed by atoms with Crippen molar-refractivity contribution >= 4 is 11.3 Å². The van der Waals surface area contributed by atoms with Gasteiger partial charge in [0.05, 0.1) is 5.54 Å². The summed E-state index contributed by atoms with van der Waals surface area (Å²) in [6.07, 6.45) is 5.36. The highest BCUT2D eigenvalue weighted by molar-refractivity contribution is 7.09. The molecule has 1 saturated carbocycles. The molecule has 1 atom stereocenters. The predicted molar refractivity (Wildman–Crippen MR) is 55.6 cm³/mol. The van der Waals surface area contributed by atoms with E-state index < -0.39 is 0 Å². The monoisotopic (exact) mass is 196 g/mol. The molecule has 0 bridgehead atoms. The highest BCUT2D eigenvalue weighted by Gasteiger charge is 2.48. The first-order valence-corrected chi connectivity index (χ1v) is 5.63. The third-order valence-corrected chi connectivity index (χ3v) is 4.35. The molecule has 0 spiro atoms. The van der Waals surface area contributed by atoms with Crippen molar-refractivity contribution in [3.8, 4) is 0 Å². The summed E-state index contributed by atoms with van der Waals surface area (Å²) >= 11 is 1.69. The standard InChI is InChI=1S/C10H16N2S/c1-9(2)4-3-5-10(9,11)8-12-6-7-13-8/h6-7H,3-5,11H2,1-2H3. The van der Waals surface area contributed by atoms with Crippen LogP contribution in [0, 0.1) is 5.41 Å². The largest absolute Gasteiger partial charge is 0.319 e. The van der Waals surface area contributed by atoms with Gasteiger partial charge in [-0.2, -0.15) is 0 Å². The third-order valence-electron chi connectivity index (χ3n) is 3.39. The topological polar surface area (TPSA) is 38.9 Å². The Kier molecular flexibility index (Phi) is 1.96. The average molecular weight is 196 g/mol. The lowest BCUT2D eigenvalue weighted by Crippen LogP contribution is -2.45. The van der Waals surface area contributed by atoms with E-state index in [2.05, 4.69) is 18.8 Å². The lowest BCUT2D eigenvalue weighted by atomic mass is 9.76. The molecule has 1 aromatic rings. The van der Waals surface area contributed by atoms with Gasteiger partial charge in [0.2, 0.25) is 0 Å². The fourth-order valence-electron chi connectivity index (χ4n) is 2.21. The summed E-state index contributed by atoms with van der Waals surface area (Å²) in [6.45, 7) is 4.50. The zero-order valence-corrected chi connectivity index (χ0v) is 9.03. The van der Waals surface area contributed by atoms with Crippen molar-refractivity contribution in [2.24, 2.45) is 11.1 Å². The van der Waals surface area contributed by atoms with E-state index in [9.17, 15) is 0 Å². The van der Waals surface area contributed by atoms with Crippen molar-refractivity contribution in [1.29, 1.82) is 0 Å². The predicted octanol–water partition coefficient (Wildman–Crippen LogP) is 2.51. The first-order valence-electron chi connectivity index (χ1n) is 4.75. The molecule has 0 radical (unpaired) electrons. The van der Waals surface area contributed by atoms with Gasteiger partial charge in [-0.1, -0.05) is 20.3 Å². The Bertz CT molecular complexity index is 292. The van der Waals surface area contributed by atoms with Crippen LogP contribution in [-0.2, 0) is 5.54 Å². The summed E-state index contributed by atoms with van der Waals surface area (Å²) in [5, 5.41) is 3.12. The minimum absolute atomic E-state index is 0.179. The minimum Gasteiger partial charge on any atom is -0.319 e. The molecule has 2 N–H and O–H groups in total. The molecule has 72 valence electrons. The maximum absolute atomic E-state index is 6.45. The molecule has 1 aromatic heterocycles. The molecule has 1 aliphatic rings. The highest BCUT2D eigenvalue weighted by atomic mass is 32.1. The van der Waals surface area contributed by atoms with Crippen LogP contribution in [0.25, 0.3) is 0 Å².